The summed E-state index contributed by atoms with van der Waals surface area (Å²) >= 11 is 0. The number of H-pyrrole nitrogens is 1. The first kappa shape index (κ1) is 19.4. The number of aromatic amines is 1. The molecule has 2 N–H and O–H groups in total. The molecule has 0 unspecified atom stereocenters. The number of benzene rings is 1. The zero-order valence-electron chi connectivity index (χ0n) is 16.0. The van der Waals surface area contributed by atoms with Gasteiger partial charge in [0.2, 0.25) is 5.91 Å². The molecule has 0 saturated carbocycles. The van der Waals surface area contributed by atoms with Crippen LogP contribution in [0, 0.1) is 17.7 Å². The highest BCUT2D eigenvalue weighted by Crippen LogP contribution is 2.29. The Balaban J connectivity index is 1.74. The van der Waals surface area contributed by atoms with Gasteiger partial charge in [-0.15, -0.1) is 0 Å². The summed E-state index contributed by atoms with van der Waals surface area (Å²) in [5.41, 5.74) is 0.944. The standard InChI is InChI=1S/C20H26FN3O3/c1-12-8-13(2)11-24(10-12)7-6-17(25)23-18-15-9-14(21)4-5-16(15)22-19(18)20(26)27-3/h4-5,9,12-13,22H,6-8,10-11H2,1-3H3,(H,23,25)/t12-,13-/m1/s1. The topological polar surface area (TPSA) is 74.4 Å². The Morgan fingerprint density at radius 1 is 1.30 bits per heavy atom. The van der Waals surface area contributed by atoms with Gasteiger partial charge in [0.25, 0.3) is 0 Å². The van der Waals surface area contributed by atoms with Gasteiger partial charge in [0.1, 0.15) is 11.5 Å². The Labute approximate surface area is 158 Å². The second kappa shape index (κ2) is 8.08. The molecule has 0 bridgehead atoms. The molecule has 2 atom stereocenters. The number of likely N-dealkylation sites (tertiary alicyclic amines) is 1. The molecule has 0 spiro atoms. The number of hydrogen-bond acceptors (Lipinski definition) is 4. The van der Waals surface area contributed by atoms with E-state index < -0.39 is 11.8 Å². The number of nitrogens with zero attached hydrogens (tertiary/aromatic N) is 1. The van der Waals surface area contributed by atoms with E-state index in [9.17, 15) is 14.0 Å². The Morgan fingerprint density at radius 2 is 2.00 bits per heavy atom. The van der Waals surface area contributed by atoms with Crippen LogP contribution in [0.4, 0.5) is 10.1 Å². The van der Waals surface area contributed by atoms with Crippen molar-refractivity contribution in [3.05, 3.63) is 29.7 Å². The average Bonchev–Trinajstić information content (AvgIpc) is 2.96. The van der Waals surface area contributed by atoms with Gasteiger partial charge < -0.3 is 19.9 Å². The van der Waals surface area contributed by atoms with Crippen molar-refractivity contribution in [2.45, 2.75) is 26.7 Å². The normalized spacial score (nSPS) is 20.6. The largest absolute Gasteiger partial charge is 0.464 e. The molecule has 1 aliphatic heterocycles. The summed E-state index contributed by atoms with van der Waals surface area (Å²) in [5.74, 6) is -0.0137. The first-order valence-electron chi connectivity index (χ1n) is 9.29. The third kappa shape index (κ3) is 4.47. The van der Waals surface area contributed by atoms with Crippen molar-refractivity contribution in [3.8, 4) is 0 Å². The van der Waals surface area contributed by atoms with Crippen molar-refractivity contribution in [1.82, 2.24) is 9.88 Å². The number of aromatic nitrogens is 1. The van der Waals surface area contributed by atoms with E-state index >= 15 is 0 Å². The lowest BCUT2D eigenvalue weighted by molar-refractivity contribution is -0.116. The number of fused-ring (bicyclic) bond motifs is 1. The number of piperidine rings is 1. The molecule has 0 radical (unpaired) electrons. The highest BCUT2D eigenvalue weighted by molar-refractivity contribution is 6.10. The predicted octanol–water partition coefficient (Wildman–Crippen LogP) is 3.40. The Morgan fingerprint density at radius 3 is 2.67 bits per heavy atom. The smallest absolute Gasteiger partial charge is 0.356 e. The van der Waals surface area contributed by atoms with E-state index in [1.165, 1.54) is 31.7 Å². The molecule has 0 aliphatic carbocycles. The lowest BCUT2D eigenvalue weighted by Gasteiger charge is -2.34. The molecule has 7 heteroatoms. The Kier molecular flexibility index (Phi) is 5.79. The fraction of sp³-hybridized carbons (Fsp3) is 0.500. The number of anilines is 1. The number of halogens is 1. The van der Waals surface area contributed by atoms with Crippen LogP contribution in [-0.2, 0) is 9.53 Å². The third-order valence-electron chi connectivity index (χ3n) is 5.01. The number of esters is 1. The number of methoxy groups -OCH3 is 1. The highest BCUT2D eigenvalue weighted by Gasteiger charge is 2.23. The quantitative estimate of drug-likeness (QED) is 0.786. The van der Waals surface area contributed by atoms with E-state index in [0.29, 0.717) is 35.7 Å². The molecular formula is C20H26FN3O3. The molecule has 2 aromatic rings. The maximum Gasteiger partial charge on any atom is 0.356 e. The zero-order chi connectivity index (χ0) is 19.6. The maximum atomic E-state index is 13.7. The third-order valence-corrected chi connectivity index (χ3v) is 5.01. The van der Waals surface area contributed by atoms with Crippen molar-refractivity contribution in [3.63, 3.8) is 0 Å². The molecule has 1 aromatic carbocycles. The second-order valence-corrected chi connectivity index (χ2v) is 7.56. The molecule has 1 aromatic heterocycles. The van der Waals surface area contributed by atoms with Crippen LogP contribution in [0.15, 0.2) is 18.2 Å². The lowest BCUT2D eigenvalue weighted by atomic mass is 9.92. The van der Waals surface area contributed by atoms with E-state index in [2.05, 4.69) is 29.0 Å². The van der Waals surface area contributed by atoms with Gasteiger partial charge in [0.05, 0.1) is 12.8 Å². The summed E-state index contributed by atoms with van der Waals surface area (Å²) < 4.78 is 18.4. The van der Waals surface area contributed by atoms with Crippen LogP contribution in [-0.4, -0.2) is 48.5 Å². The van der Waals surface area contributed by atoms with E-state index in [1.54, 1.807) is 0 Å². The lowest BCUT2D eigenvalue weighted by Crippen LogP contribution is -2.40. The molecular weight excluding hydrogens is 349 g/mol. The molecule has 1 amide bonds. The summed E-state index contributed by atoms with van der Waals surface area (Å²) in [5, 5.41) is 3.22. The zero-order valence-corrected chi connectivity index (χ0v) is 16.0. The number of carbonyl (C=O) groups is 2. The van der Waals surface area contributed by atoms with E-state index in [-0.39, 0.29) is 17.3 Å². The number of amides is 1. The minimum Gasteiger partial charge on any atom is -0.464 e. The summed E-state index contributed by atoms with van der Waals surface area (Å²) in [4.78, 5) is 29.7. The molecule has 1 fully saturated rings. The van der Waals surface area contributed by atoms with Crippen LogP contribution in [0.5, 0.6) is 0 Å². The van der Waals surface area contributed by atoms with Crippen LogP contribution in [0.2, 0.25) is 0 Å². The highest BCUT2D eigenvalue weighted by atomic mass is 19.1. The molecule has 27 heavy (non-hydrogen) atoms. The minimum atomic E-state index is -0.611. The van der Waals surface area contributed by atoms with E-state index in [4.69, 9.17) is 4.74 Å². The minimum absolute atomic E-state index is 0.117. The van der Waals surface area contributed by atoms with Gasteiger partial charge >= 0.3 is 5.97 Å². The molecule has 3 rings (SSSR count). The van der Waals surface area contributed by atoms with Crippen molar-refractivity contribution in [2.24, 2.45) is 11.8 Å². The van der Waals surface area contributed by atoms with Gasteiger partial charge in [-0.3, -0.25) is 4.79 Å². The number of carbonyl (C=O) groups excluding carboxylic acids is 2. The van der Waals surface area contributed by atoms with Gasteiger partial charge in [-0.05, 0) is 36.5 Å². The van der Waals surface area contributed by atoms with Crippen molar-refractivity contribution in [1.29, 1.82) is 0 Å². The monoisotopic (exact) mass is 375 g/mol. The summed E-state index contributed by atoms with van der Waals surface area (Å²) in [7, 11) is 1.26. The van der Waals surface area contributed by atoms with Gasteiger partial charge in [-0.1, -0.05) is 13.8 Å². The van der Waals surface area contributed by atoms with Crippen LogP contribution in [0.25, 0.3) is 10.9 Å². The number of rotatable bonds is 5. The summed E-state index contributed by atoms with van der Waals surface area (Å²) in [6.45, 7) is 7.09. The Bertz CT molecular complexity index is 838. The summed E-state index contributed by atoms with van der Waals surface area (Å²) in [6, 6.07) is 4.12. The van der Waals surface area contributed by atoms with Crippen LogP contribution >= 0.6 is 0 Å². The SMILES string of the molecule is COC(=O)c1[nH]c2ccc(F)cc2c1NC(=O)CCN1C[C@H](C)C[C@@H](C)C1. The summed E-state index contributed by atoms with van der Waals surface area (Å²) in [6.07, 6.45) is 1.52. The predicted molar refractivity (Wildman–Crippen MR) is 102 cm³/mol. The van der Waals surface area contributed by atoms with Crippen molar-refractivity contribution in [2.75, 3.05) is 32.1 Å². The fourth-order valence-electron chi connectivity index (χ4n) is 3.99. The number of ether oxygens (including phenoxy) is 1. The second-order valence-electron chi connectivity index (χ2n) is 7.56. The average molecular weight is 375 g/mol. The fourth-order valence-corrected chi connectivity index (χ4v) is 3.99. The molecule has 6 nitrogen and oxygen atoms in total. The van der Waals surface area contributed by atoms with Crippen molar-refractivity contribution >= 4 is 28.5 Å². The molecule has 146 valence electrons. The van der Waals surface area contributed by atoms with Gasteiger partial charge in [-0.2, -0.15) is 0 Å². The molecule has 2 heterocycles. The number of hydrogen-bond donors (Lipinski definition) is 2. The van der Waals surface area contributed by atoms with E-state index in [1.807, 2.05) is 0 Å². The van der Waals surface area contributed by atoms with E-state index in [0.717, 1.165) is 13.1 Å². The molecule has 1 saturated heterocycles. The van der Waals surface area contributed by atoms with Crippen LogP contribution < -0.4 is 5.32 Å². The maximum absolute atomic E-state index is 13.7. The van der Waals surface area contributed by atoms with Gasteiger partial charge in [0, 0.05) is 37.0 Å². The van der Waals surface area contributed by atoms with Gasteiger partial charge in [-0.25, -0.2) is 9.18 Å². The van der Waals surface area contributed by atoms with Crippen molar-refractivity contribution < 1.29 is 18.7 Å². The first-order chi connectivity index (χ1) is 12.9. The van der Waals surface area contributed by atoms with Crippen LogP contribution in [0.3, 0.4) is 0 Å². The number of nitrogens with one attached hydrogen (secondary N) is 2. The van der Waals surface area contributed by atoms with Gasteiger partial charge in [0.15, 0.2) is 0 Å². The Hall–Kier alpha value is -2.41. The van der Waals surface area contributed by atoms with Crippen LogP contribution in [0.1, 0.15) is 37.2 Å². The molecule has 1 aliphatic rings. The first-order valence-corrected chi connectivity index (χ1v) is 9.29.